The second-order valence-electron chi connectivity index (χ2n) is 6.72. The lowest BCUT2D eigenvalue weighted by Crippen LogP contribution is -2.14. The molecule has 2 N–H and O–H groups in total. The van der Waals surface area contributed by atoms with Gasteiger partial charge in [-0.15, -0.1) is 0 Å². The Hall–Kier alpha value is -3.44. The molecular formula is C25H27N3O2. The van der Waals surface area contributed by atoms with E-state index in [9.17, 15) is 0 Å². The topological polar surface area (TPSA) is 67.2 Å². The Morgan fingerprint density at radius 3 is 2.40 bits per heavy atom. The quantitative estimate of drug-likeness (QED) is 0.268. The number of pyridine rings is 1. The van der Waals surface area contributed by atoms with Gasteiger partial charge in [0.1, 0.15) is 19.1 Å². The van der Waals surface area contributed by atoms with Gasteiger partial charge in [-0.25, -0.2) is 0 Å². The van der Waals surface area contributed by atoms with E-state index in [1.165, 1.54) is 0 Å². The minimum atomic E-state index is 0.405. The summed E-state index contributed by atoms with van der Waals surface area (Å²) in [6.45, 7) is 3.69. The third kappa shape index (κ3) is 6.29. The van der Waals surface area contributed by atoms with Gasteiger partial charge in [0.25, 0.3) is 0 Å². The summed E-state index contributed by atoms with van der Waals surface area (Å²) in [4.78, 5) is 4.08. The molecule has 5 heteroatoms. The first-order valence-electron chi connectivity index (χ1n) is 10.1. The zero-order chi connectivity index (χ0) is 21.0. The minimum absolute atomic E-state index is 0.405. The highest BCUT2D eigenvalue weighted by Gasteiger charge is 2.11. The molecule has 0 amide bonds. The molecular weight excluding hydrogens is 374 g/mol. The van der Waals surface area contributed by atoms with E-state index in [-0.39, 0.29) is 0 Å². The van der Waals surface area contributed by atoms with Crippen molar-refractivity contribution in [1.29, 1.82) is 5.41 Å². The van der Waals surface area contributed by atoms with E-state index in [1.807, 2.05) is 72.9 Å². The van der Waals surface area contributed by atoms with Crippen molar-refractivity contribution in [3.05, 3.63) is 102 Å². The first-order valence-corrected chi connectivity index (χ1v) is 10.1. The number of benzene rings is 2. The smallest absolute Gasteiger partial charge is 0.119 e. The fourth-order valence-corrected chi connectivity index (χ4v) is 2.86. The van der Waals surface area contributed by atoms with E-state index in [4.69, 9.17) is 14.9 Å². The van der Waals surface area contributed by atoms with Crippen molar-refractivity contribution in [2.75, 3.05) is 13.3 Å². The molecule has 30 heavy (non-hydrogen) atoms. The normalized spacial score (nSPS) is 11.2. The molecule has 1 heterocycles. The van der Waals surface area contributed by atoms with Gasteiger partial charge in [-0.05, 0) is 53.9 Å². The molecule has 0 aliphatic heterocycles. The predicted molar refractivity (Wildman–Crippen MR) is 121 cm³/mol. The third-order valence-corrected chi connectivity index (χ3v) is 4.43. The van der Waals surface area contributed by atoms with Crippen LogP contribution in [0, 0.1) is 5.41 Å². The van der Waals surface area contributed by atoms with Crippen molar-refractivity contribution >= 4 is 11.3 Å². The first-order chi connectivity index (χ1) is 14.8. The SMILES string of the molecule is CCCOCN/C=C(\C(=N)c1ccc(OCc2ccccc2)cc1)c1ccncc1. The number of ether oxygens (including phenoxy) is 2. The number of allylic oxidation sites excluding steroid dienone is 1. The van der Waals surface area contributed by atoms with Crippen molar-refractivity contribution in [1.82, 2.24) is 10.3 Å². The molecule has 154 valence electrons. The van der Waals surface area contributed by atoms with Crippen LogP contribution in [-0.2, 0) is 11.3 Å². The summed E-state index contributed by atoms with van der Waals surface area (Å²) in [5, 5.41) is 11.9. The summed E-state index contributed by atoms with van der Waals surface area (Å²) in [5.74, 6) is 0.774. The minimum Gasteiger partial charge on any atom is -0.489 e. The van der Waals surface area contributed by atoms with Gasteiger partial charge in [-0.1, -0.05) is 37.3 Å². The molecule has 2 aromatic carbocycles. The Labute approximate surface area is 177 Å². The highest BCUT2D eigenvalue weighted by Crippen LogP contribution is 2.21. The van der Waals surface area contributed by atoms with Crippen LogP contribution < -0.4 is 10.1 Å². The van der Waals surface area contributed by atoms with Gasteiger partial charge in [-0.3, -0.25) is 10.4 Å². The Bertz CT molecular complexity index is 939. The average molecular weight is 402 g/mol. The summed E-state index contributed by atoms with van der Waals surface area (Å²) in [6.07, 6.45) is 6.25. The van der Waals surface area contributed by atoms with E-state index in [2.05, 4.69) is 17.2 Å². The fraction of sp³-hybridized carbons (Fsp3) is 0.200. The van der Waals surface area contributed by atoms with Crippen molar-refractivity contribution in [2.45, 2.75) is 20.0 Å². The molecule has 0 fully saturated rings. The summed E-state index contributed by atoms with van der Waals surface area (Å²) in [6, 6.07) is 21.5. The molecule has 0 spiro atoms. The number of aromatic nitrogens is 1. The summed E-state index contributed by atoms with van der Waals surface area (Å²) in [5.41, 5.74) is 4.03. The van der Waals surface area contributed by atoms with Crippen molar-refractivity contribution < 1.29 is 9.47 Å². The number of nitrogens with zero attached hydrogens (tertiary/aromatic N) is 1. The maximum Gasteiger partial charge on any atom is 0.119 e. The highest BCUT2D eigenvalue weighted by molar-refractivity contribution is 6.30. The lowest BCUT2D eigenvalue weighted by Gasteiger charge is -2.12. The maximum atomic E-state index is 8.74. The lowest BCUT2D eigenvalue weighted by atomic mass is 9.97. The van der Waals surface area contributed by atoms with Gasteiger partial charge in [0.2, 0.25) is 0 Å². The van der Waals surface area contributed by atoms with Crippen molar-refractivity contribution in [3.63, 3.8) is 0 Å². The summed E-state index contributed by atoms with van der Waals surface area (Å²) >= 11 is 0. The van der Waals surface area contributed by atoms with Crippen LogP contribution in [0.15, 0.2) is 85.3 Å². The molecule has 0 aliphatic rings. The first kappa shape index (κ1) is 21.3. The van der Waals surface area contributed by atoms with Crippen LogP contribution in [0.3, 0.4) is 0 Å². The van der Waals surface area contributed by atoms with Crippen molar-refractivity contribution in [3.8, 4) is 5.75 Å². The molecule has 0 aliphatic carbocycles. The number of hydrogen-bond donors (Lipinski definition) is 2. The van der Waals surface area contributed by atoms with Gasteiger partial charge < -0.3 is 14.8 Å². The number of rotatable bonds is 11. The highest BCUT2D eigenvalue weighted by atomic mass is 16.5. The predicted octanol–water partition coefficient (Wildman–Crippen LogP) is 5.04. The number of nitrogens with one attached hydrogen (secondary N) is 2. The van der Waals surface area contributed by atoms with Crippen LogP contribution in [-0.4, -0.2) is 24.0 Å². The van der Waals surface area contributed by atoms with E-state index >= 15 is 0 Å². The van der Waals surface area contributed by atoms with E-state index in [0.29, 0.717) is 25.7 Å². The second-order valence-corrected chi connectivity index (χ2v) is 6.72. The molecule has 0 bridgehead atoms. The van der Waals surface area contributed by atoms with Gasteiger partial charge in [0, 0.05) is 36.3 Å². The van der Waals surface area contributed by atoms with E-state index in [1.54, 1.807) is 12.4 Å². The van der Waals surface area contributed by atoms with Crippen LogP contribution in [0.1, 0.15) is 30.0 Å². The molecule has 3 rings (SSSR count). The van der Waals surface area contributed by atoms with Gasteiger partial charge in [0.15, 0.2) is 0 Å². The lowest BCUT2D eigenvalue weighted by molar-refractivity contribution is 0.126. The fourth-order valence-electron chi connectivity index (χ4n) is 2.86. The number of hydrogen-bond acceptors (Lipinski definition) is 5. The summed E-state index contributed by atoms with van der Waals surface area (Å²) in [7, 11) is 0. The Kier molecular flexibility index (Phi) is 8.18. The Balaban J connectivity index is 1.69. The van der Waals surface area contributed by atoms with Gasteiger partial charge >= 0.3 is 0 Å². The molecule has 0 atom stereocenters. The average Bonchev–Trinajstić information content (AvgIpc) is 2.81. The van der Waals surface area contributed by atoms with Crippen LogP contribution >= 0.6 is 0 Å². The molecule has 0 saturated carbocycles. The van der Waals surface area contributed by atoms with Crippen LogP contribution in [0.25, 0.3) is 5.57 Å². The standard InChI is InChI=1S/C25H27N3O2/c1-2-16-29-19-28-17-24(21-12-14-27-15-13-21)25(26)22-8-10-23(11-9-22)30-18-20-6-4-3-5-7-20/h3-15,17,26,28H,2,16,18-19H2,1H3/b24-17-,26-25?. The maximum absolute atomic E-state index is 8.74. The van der Waals surface area contributed by atoms with Gasteiger partial charge in [0.05, 0.1) is 5.71 Å². The Morgan fingerprint density at radius 1 is 0.967 bits per heavy atom. The molecule has 1 aromatic heterocycles. The molecule has 0 radical (unpaired) electrons. The second kappa shape index (κ2) is 11.5. The monoisotopic (exact) mass is 401 g/mol. The van der Waals surface area contributed by atoms with Crippen molar-refractivity contribution in [2.24, 2.45) is 0 Å². The van der Waals surface area contributed by atoms with E-state index < -0.39 is 0 Å². The molecule has 0 saturated heterocycles. The van der Waals surface area contributed by atoms with Crippen LogP contribution in [0.5, 0.6) is 5.75 Å². The Morgan fingerprint density at radius 2 is 1.70 bits per heavy atom. The third-order valence-electron chi connectivity index (χ3n) is 4.43. The largest absolute Gasteiger partial charge is 0.489 e. The van der Waals surface area contributed by atoms with Crippen LogP contribution in [0.4, 0.5) is 0 Å². The molecule has 5 nitrogen and oxygen atoms in total. The van der Waals surface area contributed by atoms with Crippen LogP contribution in [0.2, 0.25) is 0 Å². The van der Waals surface area contributed by atoms with Gasteiger partial charge in [-0.2, -0.15) is 0 Å². The van der Waals surface area contributed by atoms with E-state index in [0.717, 1.165) is 34.4 Å². The summed E-state index contributed by atoms with van der Waals surface area (Å²) < 4.78 is 11.3. The molecule has 0 unspecified atom stereocenters. The zero-order valence-corrected chi connectivity index (χ0v) is 17.2. The molecule has 3 aromatic rings. The zero-order valence-electron chi connectivity index (χ0n) is 17.2.